The number of nitrogens with two attached hydrogens (primary N) is 1. The SMILES string of the molecule is Cc1cc(Br)c(Cl)c(CC(N)=O)n1. The molecule has 0 aliphatic heterocycles. The van der Waals surface area contributed by atoms with Crippen molar-refractivity contribution in [2.45, 2.75) is 13.3 Å². The van der Waals surface area contributed by atoms with Gasteiger partial charge in [0.1, 0.15) is 0 Å². The molecular formula is C8H8BrClN2O. The van der Waals surface area contributed by atoms with Gasteiger partial charge in [0.15, 0.2) is 0 Å². The largest absolute Gasteiger partial charge is 0.369 e. The molecule has 0 bridgehead atoms. The Labute approximate surface area is 89.4 Å². The quantitative estimate of drug-likeness (QED) is 0.885. The lowest BCUT2D eigenvalue weighted by molar-refractivity contribution is -0.117. The second-order valence-electron chi connectivity index (χ2n) is 2.65. The van der Waals surface area contributed by atoms with Gasteiger partial charge in [0.2, 0.25) is 5.91 Å². The van der Waals surface area contributed by atoms with Gasteiger partial charge in [-0.15, -0.1) is 0 Å². The molecule has 0 saturated carbocycles. The monoisotopic (exact) mass is 262 g/mol. The second kappa shape index (κ2) is 4.07. The predicted molar refractivity (Wildman–Crippen MR) is 54.6 cm³/mol. The molecule has 1 amide bonds. The zero-order valence-corrected chi connectivity index (χ0v) is 9.32. The summed E-state index contributed by atoms with van der Waals surface area (Å²) >= 11 is 9.15. The lowest BCUT2D eigenvalue weighted by atomic mass is 10.2. The van der Waals surface area contributed by atoms with E-state index in [1.54, 1.807) is 6.07 Å². The summed E-state index contributed by atoms with van der Waals surface area (Å²) in [6, 6.07) is 1.78. The van der Waals surface area contributed by atoms with Crippen molar-refractivity contribution in [1.29, 1.82) is 0 Å². The summed E-state index contributed by atoms with van der Waals surface area (Å²) in [5.74, 6) is -0.438. The molecule has 2 N–H and O–H groups in total. The third-order valence-corrected chi connectivity index (χ3v) is 2.73. The van der Waals surface area contributed by atoms with Crippen molar-refractivity contribution in [2.24, 2.45) is 5.73 Å². The van der Waals surface area contributed by atoms with E-state index < -0.39 is 5.91 Å². The molecule has 1 aromatic heterocycles. The molecule has 1 heterocycles. The van der Waals surface area contributed by atoms with Crippen LogP contribution in [0.1, 0.15) is 11.4 Å². The maximum absolute atomic E-state index is 10.7. The highest BCUT2D eigenvalue weighted by atomic mass is 79.9. The Balaban J connectivity index is 3.12. The number of halogens is 2. The summed E-state index contributed by atoms with van der Waals surface area (Å²) in [6.07, 6.45) is 0.0686. The van der Waals surface area contributed by atoms with Gasteiger partial charge in [-0.2, -0.15) is 0 Å². The van der Waals surface area contributed by atoms with Crippen LogP contribution in [0.4, 0.5) is 0 Å². The van der Waals surface area contributed by atoms with Crippen LogP contribution in [0, 0.1) is 6.92 Å². The number of rotatable bonds is 2. The van der Waals surface area contributed by atoms with Gasteiger partial charge in [-0.3, -0.25) is 9.78 Å². The lowest BCUT2D eigenvalue weighted by Gasteiger charge is -2.04. The highest BCUT2D eigenvalue weighted by Crippen LogP contribution is 2.25. The Morgan fingerprint density at radius 3 is 2.92 bits per heavy atom. The summed E-state index contributed by atoms with van der Waals surface area (Å²) in [5.41, 5.74) is 6.35. The van der Waals surface area contributed by atoms with Gasteiger partial charge in [0, 0.05) is 10.2 Å². The molecule has 0 saturated heterocycles. The first kappa shape index (κ1) is 10.5. The number of pyridine rings is 1. The van der Waals surface area contributed by atoms with E-state index in [1.807, 2.05) is 6.92 Å². The van der Waals surface area contributed by atoms with Crippen LogP contribution in [0.3, 0.4) is 0 Å². The minimum Gasteiger partial charge on any atom is -0.369 e. The summed E-state index contributed by atoms with van der Waals surface area (Å²) < 4.78 is 0.734. The Morgan fingerprint density at radius 1 is 1.77 bits per heavy atom. The van der Waals surface area contributed by atoms with Crippen LogP contribution >= 0.6 is 27.5 Å². The molecule has 0 unspecified atom stereocenters. The van der Waals surface area contributed by atoms with Crippen molar-refractivity contribution < 1.29 is 4.79 Å². The molecular weight excluding hydrogens is 255 g/mol. The number of primary amides is 1. The molecule has 0 radical (unpaired) electrons. The minimum absolute atomic E-state index is 0.0686. The first-order valence-corrected chi connectivity index (χ1v) is 4.77. The van der Waals surface area contributed by atoms with Crippen LogP contribution in [0.2, 0.25) is 5.02 Å². The lowest BCUT2D eigenvalue weighted by Crippen LogP contribution is -2.15. The number of aromatic nitrogens is 1. The maximum atomic E-state index is 10.7. The Hall–Kier alpha value is -0.610. The molecule has 1 rings (SSSR count). The number of carbonyl (C=O) groups excluding carboxylic acids is 1. The van der Waals surface area contributed by atoms with E-state index >= 15 is 0 Å². The van der Waals surface area contributed by atoms with Gasteiger partial charge < -0.3 is 5.73 Å². The first-order chi connectivity index (χ1) is 6.00. The van der Waals surface area contributed by atoms with E-state index in [4.69, 9.17) is 17.3 Å². The summed E-state index contributed by atoms with van der Waals surface area (Å²) in [5, 5.41) is 0.449. The molecule has 0 aliphatic rings. The summed E-state index contributed by atoms with van der Waals surface area (Å²) in [7, 11) is 0. The normalized spacial score (nSPS) is 10.1. The fourth-order valence-corrected chi connectivity index (χ4v) is 1.68. The molecule has 0 aliphatic carbocycles. The van der Waals surface area contributed by atoms with Crippen LogP contribution in [0.15, 0.2) is 10.5 Å². The fraction of sp³-hybridized carbons (Fsp3) is 0.250. The van der Waals surface area contributed by atoms with Gasteiger partial charge in [-0.1, -0.05) is 11.6 Å². The summed E-state index contributed by atoms with van der Waals surface area (Å²) in [4.78, 5) is 14.8. The Bertz CT molecular complexity index is 354. The maximum Gasteiger partial charge on any atom is 0.223 e. The number of hydrogen-bond acceptors (Lipinski definition) is 2. The van der Waals surface area contributed by atoms with Crippen molar-refractivity contribution in [3.05, 3.63) is 26.9 Å². The number of hydrogen-bond donors (Lipinski definition) is 1. The van der Waals surface area contributed by atoms with E-state index in [9.17, 15) is 4.79 Å². The van der Waals surface area contributed by atoms with Crippen molar-refractivity contribution in [3.8, 4) is 0 Å². The Kier molecular flexibility index (Phi) is 3.27. The first-order valence-electron chi connectivity index (χ1n) is 3.60. The molecule has 5 heteroatoms. The zero-order valence-electron chi connectivity index (χ0n) is 6.97. The van der Waals surface area contributed by atoms with Gasteiger partial charge in [-0.25, -0.2) is 0 Å². The average Bonchev–Trinajstić information content (AvgIpc) is 1.98. The topological polar surface area (TPSA) is 56.0 Å². The number of carbonyl (C=O) groups is 1. The predicted octanol–water partition coefficient (Wildman–Crippen LogP) is 1.83. The van der Waals surface area contributed by atoms with Gasteiger partial charge in [0.05, 0.1) is 17.1 Å². The highest BCUT2D eigenvalue weighted by molar-refractivity contribution is 9.10. The van der Waals surface area contributed by atoms with Crippen molar-refractivity contribution in [3.63, 3.8) is 0 Å². The van der Waals surface area contributed by atoms with Crippen LogP contribution in [-0.4, -0.2) is 10.9 Å². The molecule has 1 aromatic rings. The smallest absolute Gasteiger partial charge is 0.223 e. The van der Waals surface area contributed by atoms with Gasteiger partial charge >= 0.3 is 0 Å². The highest BCUT2D eigenvalue weighted by Gasteiger charge is 2.09. The number of aryl methyl sites for hydroxylation is 1. The van der Waals surface area contributed by atoms with Crippen molar-refractivity contribution in [2.75, 3.05) is 0 Å². The molecule has 13 heavy (non-hydrogen) atoms. The van der Waals surface area contributed by atoms with E-state index in [0.29, 0.717) is 10.7 Å². The van der Waals surface area contributed by atoms with E-state index in [-0.39, 0.29) is 6.42 Å². The van der Waals surface area contributed by atoms with Crippen LogP contribution < -0.4 is 5.73 Å². The standard InChI is InChI=1S/C8H8BrClN2O/c1-4-2-5(9)8(10)6(12-4)3-7(11)13/h2H,3H2,1H3,(H2,11,13). The summed E-state index contributed by atoms with van der Waals surface area (Å²) in [6.45, 7) is 1.82. The van der Waals surface area contributed by atoms with E-state index in [0.717, 1.165) is 10.2 Å². The van der Waals surface area contributed by atoms with Crippen molar-refractivity contribution >= 4 is 33.4 Å². The molecule has 3 nitrogen and oxygen atoms in total. The zero-order chi connectivity index (χ0) is 10.0. The molecule has 0 fully saturated rings. The molecule has 0 spiro atoms. The third-order valence-electron chi connectivity index (χ3n) is 1.45. The van der Waals surface area contributed by atoms with E-state index in [1.165, 1.54) is 0 Å². The average molecular weight is 264 g/mol. The second-order valence-corrected chi connectivity index (χ2v) is 3.88. The third kappa shape index (κ3) is 2.67. The Morgan fingerprint density at radius 2 is 2.38 bits per heavy atom. The molecule has 0 atom stereocenters. The molecule has 0 aromatic carbocycles. The van der Waals surface area contributed by atoms with Crippen LogP contribution in [0.5, 0.6) is 0 Å². The minimum atomic E-state index is -0.438. The molecule has 70 valence electrons. The van der Waals surface area contributed by atoms with E-state index in [2.05, 4.69) is 20.9 Å². The number of amides is 1. The fourth-order valence-electron chi connectivity index (χ4n) is 0.961. The van der Waals surface area contributed by atoms with Crippen LogP contribution in [-0.2, 0) is 11.2 Å². The van der Waals surface area contributed by atoms with Gasteiger partial charge in [-0.05, 0) is 28.9 Å². The van der Waals surface area contributed by atoms with Gasteiger partial charge in [0.25, 0.3) is 0 Å². The van der Waals surface area contributed by atoms with Crippen molar-refractivity contribution in [1.82, 2.24) is 4.98 Å². The number of nitrogens with zero attached hydrogens (tertiary/aromatic N) is 1. The van der Waals surface area contributed by atoms with Crippen LogP contribution in [0.25, 0.3) is 0 Å².